The van der Waals surface area contributed by atoms with E-state index in [1.807, 2.05) is 0 Å². The van der Waals surface area contributed by atoms with Crippen molar-refractivity contribution in [3.05, 3.63) is 11.4 Å². The van der Waals surface area contributed by atoms with Gasteiger partial charge in [0.15, 0.2) is 0 Å². The second-order valence-electron chi connectivity index (χ2n) is 7.31. The third kappa shape index (κ3) is 2.10. The first-order valence-corrected chi connectivity index (χ1v) is 9.48. The van der Waals surface area contributed by atoms with Gasteiger partial charge in [-0.1, -0.05) is 0 Å². The molecule has 126 valence electrons. The summed E-state index contributed by atoms with van der Waals surface area (Å²) in [5.41, 5.74) is 0. The number of nitrogens with zero attached hydrogens (tertiary/aromatic N) is 4. The molecule has 4 atom stereocenters. The first kappa shape index (κ1) is 14.5. The van der Waals surface area contributed by atoms with Crippen molar-refractivity contribution in [1.29, 1.82) is 0 Å². The van der Waals surface area contributed by atoms with Gasteiger partial charge in [-0.2, -0.15) is 4.98 Å². The van der Waals surface area contributed by atoms with Gasteiger partial charge in [-0.15, -0.1) is 11.3 Å². The Bertz CT molecular complexity index is 810. The van der Waals surface area contributed by atoms with E-state index in [9.17, 15) is 4.79 Å². The quantitative estimate of drug-likeness (QED) is 0.919. The van der Waals surface area contributed by atoms with E-state index in [-0.39, 0.29) is 0 Å². The largest absolute Gasteiger partial charge is 0.481 e. The molecule has 3 fully saturated rings. The Labute approximate surface area is 144 Å². The van der Waals surface area contributed by atoms with E-state index in [0.717, 1.165) is 41.6 Å². The van der Waals surface area contributed by atoms with Crippen molar-refractivity contribution in [2.24, 2.45) is 17.8 Å². The highest BCUT2D eigenvalue weighted by atomic mass is 32.1. The molecule has 0 bridgehead atoms. The summed E-state index contributed by atoms with van der Waals surface area (Å²) in [6, 6.07) is 2.62. The molecule has 2 saturated heterocycles. The van der Waals surface area contributed by atoms with Crippen LogP contribution < -0.4 is 9.80 Å². The average Bonchev–Trinajstić information content (AvgIpc) is 2.97. The van der Waals surface area contributed by atoms with Crippen molar-refractivity contribution in [2.75, 3.05) is 29.4 Å². The van der Waals surface area contributed by atoms with Gasteiger partial charge in [0.05, 0.1) is 5.39 Å². The number of hydrogen-bond donors (Lipinski definition) is 1. The minimum Gasteiger partial charge on any atom is -0.481 e. The number of piperidine rings is 1. The molecule has 0 radical (unpaired) electrons. The van der Waals surface area contributed by atoms with Crippen molar-refractivity contribution < 1.29 is 9.90 Å². The van der Waals surface area contributed by atoms with Gasteiger partial charge in [-0.25, -0.2) is 4.98 Å². The standard InChI is InChI=1S/C17H20N4O2S/c1-9-2-4-21(9)17-18-15(10-3-5-24-16(10)19-17)20-7-12-11(6-14(22)23)13(12)8-20/h3,5,9,11-13H,2,4,6-8H2,1H3,(H,22,23)/t9-,11-,12-,13+/m0/s1. The average molecular weight is 344 g/mol. The SMILES string of the molecule is C[C@H]1CCN1c1nc(N2C[C@@H]3[C@@H](CC(=O)O)[C@@H]3C2)c2ccsc2n1. The second kappa shape index (κ2) is 5.05. The maximum atomic E-state index is 10.9. The molecule has 3 aliphatic rings. The number of carboxylic acids is 1. The molecule has 4 heterocycles. The highest BCUT2D eigenvalue weighted by Gasteiger charge is 2.56. The van der Waals surface area contributed by atoms with Crippen molar-refractivity contribution in [1.82, 2.24) is 9.97 Å². The third-order valence-corrected chi connectivity index (χ3v) is 6.76. The van der Waals surface area contributed by atoms with Crippen LogP contribution in [-0.4, -0.2) is 46.7 Å². The van der Waals surface area contributed by atoms with Crippen molar-refractivity contribution in [3.63, 3.8) is 0 Å². The van der Waals surface area contributed by atoms with Crippen LogP contribution in [-0.2, 0) is 4.79 Å². The number of hydrogen-bond acceptors (Lipinski definition) is 6. The predicted octanol–water partition coefficient (Wildman–Crippen LogP) is 2.45. The summed E-state index contributed by atoms with van der Waals surface area (Å²) in [5.74, 6) is 2.64. The molecule has 1 aliphatic carbocycles. The van der Waals surface area contributed by atoms with Crippen LogP contribution in [0.3, 0.4) is 0 Å². The number of carbonyl (C=O) groups is 1. The number of aliphatic carboxylic acids is 1. The molecule has 0 unspecified atom stereocenters. The van der Waals surface area contributed by atoms with E-state index in [4.69, 9.17) is 15.1 Å². The number of carboxylic acid groups (broad SMARTS) is 1. The Morgan fingerprint density at radius 3 is 2.79 bits per heavy atom. The Balaban J connectivity index is 1.43. The summed E-state index contributed by atoms with van der Waals surface area (Å²) in [6.07, 6.45) is 1.52. The lowest BCUT2D eigenvalue weighted by Crippen LogP contribution is -2.46. The molecule has 2 aliphatic heterocycles. The van der Waals surface area contributed by atoms with Gasteiger partial charge in [0.2, 0.25) is 5.95 Å². The van der Waals surface area contributed by atoms with Crippen LogP contribution in [0.2, 0.25) is 0 Å². The fraction of sp³-hybridized carbons (Fsp3) is 0.588. The third-order valence-electron chi connectivity index (χ3n) is 5.95. The van der Waals surface area contributed by atoms with E-state index < -0.39 is 5.97 Å². The Morgan fingerprint density at radius 2 is 2.17 bits per heavy atom. The molecular formula is C17H20N4O2S. The van der Waals surface area contributed by atoms with E-state index in [1.165, 1.54) is 6.42 Å². The van der Waals surface area contributed by atoms with Crippen LogP contribution >= 0.6 is 11.3 Å². The molecule has 5 rings (SSSR count). The molecule has 2 aromatic rings. The Hall–Kier alpha value is -1.89. The van der Waals surface area contributed by atoms with Crippen LogP contribution in [0, 0.1) is 17.8 Å². The van der Waals surface area contributed by atoms with Gasteiger partial charge in [0, 0.05) is 32.1 Å². The molecule has 1 N–H and O–H groups in total. The topological polar surface area (TPSA) is 69.6 Å². The molecule has 6 nitrogen and oxygen atoms in total. The van der Waals surface area contributed by atoms with E-state index in [1.54, 1.807) is 11.3 Å². The lowest BCUT2D eigenvalue weighted by molar-refractivity contribution is -0.137. The fourth-order valence-electron chi connectivity index (χ4n) is 4.34. The molecule has 0 aromatic carbocycles. The number of rotatable bonds is 4. The zero-order valence-corrected chi connectivity index (χ0v) is 14.4. The highest BCUT2D eigenvalue weighted by molar-refractivity contribution is 7.16. The summed E-state index contributed by atoms with van der Waals surface area (Å²) in [6.45, 7) is 5.11. The van der Waals surface area contributed by atoms with E-state index in [2.05, 4.69) is 28.2 Å². The maximum Gasteiger partial charge on any atom is 0.303 e. The van der Waals surface area contributed by atoms with Gasteiger partial charge < -0.3 is 14.9 Å². The highest BCUT2D eigenvalue weighted by Crippen LogP contribution is 2.54. The van der Waals surface area contributed by atoms with Crippen LogP contribution in [0.15, 0.2) is 11.4 Å². The van der Waals surface area contributed by atoms with Crippen molar-refractivity contribution in [2.45, 2.75) is 25.8 Å². The maximum absolute atomic E-state index is 10.9. The first-order chi connectivity index (χ1) is 11.6. The molecular weight excluding hydrogens is 324 g/mol. The van der Waals surface area contributed by atoms with Gasteiger partial charge in [-0.05, 0) is 42.5 Å². The fourth-order valence-corrected chi connectivity index (χ4v) is 5.09. The van der Waals surface area contributed by atoms with Crippen molar-refractivity contribution in [3.8, 4) is 0 Å². The predicted molar refractivity (Wildman–Crippen MR) is 93.8 cm³/mol. The van der Waals surface area contributed by atoms with E-state index in [0.29, 0.717) is 30.2 Å². The number of fused-ring (bicyclic) bond motifs is 2. The summed E-state index contributed by atoms with van der Waals surface area (Å²) >= 11 is 1.67. The molecule has 0 spiro atoms. The zero-order valence-electron chi connectivity index (χ0n) is 13.6. The summed E-state index contributed by atoms with van der Waals surface area (Å²) in [7, 11) is 0. The number of aromatic nitrogens is 2. The summed E-state index contributed by atoms with van der Waals surface area (Å²) in [4.78, 5) is 26.2. The van der Waals surface area contributed by atoms with Gasteiger partial charge in [0.25, 0.3) is 0 Å². The monoisotopic (exact) mass is 344 g/mol. The zero-order chi connectivity index (χ0) is 16.4. The molecule has 24 heavy (non-hydrogen) atoms. The van der Waals surface area contributed by atoms with Crippen molar-refractivity contribution >= 4 is 39.3 Å². The Morgan fingerprint density at radius 1 is 1.38 bits per heavy atom. The van der Waals surface area contributed by atoms with E-state index >= 15 is 0 Å². The number of anilines is 2. The Kier molecular flexibility index (Phi) is 3.04. The van der Waals surface area contributed by atoms with Crippen LogP contribution in [0.5, 0.6) is 0 Å². The lowest BCUT2D eigenvalue weighted by Gasteiger charge is -2.39. The van der Waals surface area contributed by atoms with Crippen LogP contribution in [0.1, 0.15) is 19.8 Å². The smallest absolute Gasteiger partial charge is 0.303 e. The minimum atomic E-state index is -0.669. The van der Waals surface area contributed by atoms with Gasteiger partial charge in [0.1, 0.15) is 10.6 Å². The van der Waals surface area contributed by atoms with Crippen LogP contribution in [0.25, 0.3) is 10.2 Å². The molecule has 0 amide bonds. The first-order valence-electron chi connectivity index (χ1n) is 8.60. The molecule has 2 aromatic heterocycles. The summed E-state index contributed by atoms with van der Waals surface area (Å²) < 4.78 is 0. The normalized spacial score (nSPS) is 31.2. The second-order valence-corrected chi connectivity index (χ2v) is 8.21. The molecule has 1 saturated carbocycles. The molecule has 7 heteroatoms. The lowest BCUT2D eigenvalue weighted by atomic mass is 10.1. The van der Waals surface area contributed by atoms with Crippen LogP contribution in [0.4, 0.5) is 11.8 Å². The van der Waals surface area contributed by atoms with Gasteiger partial charge >= 0.3 is 5.97 Å². The summed E-state index contributed by atoms with van der Waals surface area (Å²) in [5, 5.41) is 12.2. The van der Waals surface area contributed by atoms with Gasteiger partial charge in [-0.3, -0.25) is 4.79 Å². The number of thiophene rings is 1. The minimum absolute atomic E-state index is 0.317.